The molecule has 0 radical (unpaired) electrons. The third-order valence-electron chi connectivity index (χ3n) is 2.58. The van der Waals surface area contributed by atoms with Crippen LogP contribution in [0.25, 0.3) is 10.1 Å². The van der Waals surface area contributed by atoms with Gasteiger partial charge in [0.1, 0.15) is 5.75 Å². The van der Waals surface area contributed by atoms with E-state index >= 15 is 0 Å². The third kappa shape index (κ3) is 2.59. The number of carbonyl (C=O) groups excluding carboxylic acids is 1. The van der Waals surface area contributed by atoms with Crippen LogP contribution in [-0.2, 0) is 4.79 Å². The molecule has 2 nitrogen and oxygen atoms in total. The molecule has 0 aliphatic heterocycles. The molecule has 2 aromatic rings. The fraction of sp³-hybridized carbons (Fsp3) is 0.357. The summed E-state index contributed by atoms with van der Waals surface area (Å²) in [7, 11) is 0. The van der Waals surface area contributed by atoms with Gasteiger partial charge in [-0.15, -0.1) is 11.3 Å². The number of hydrogen-bond donors (Lipinski definition) is 0. The Balaban J connectivity index is 2.34. The summed E-state index contributed by atoms with van der Waals surface area (Å²) < 4.78 is 7.63. The summed E-state index contributed by atoms with van der Waals surface area (Å²) >= 11 is 5.25. The van der Waals surface area contributed by atoms with E-state index < -0.39 is 5.41 Å². The Morgan fingerprint density at radius 1 is 1.33 bits per heavy atom. The fourth-order valence-electron chi connectivity index (χ4n) is 1.49. The number of fused-ring (bicyclic) bond motifs is 1. The van der Waals surface area contributed by atoms with E-state index in [0.717, 1.165) is 14.6 Å². The van der Waals surface area contributed by atoms with Gasteiger partial charge < -0.3 is 4.74 Å². The zero-order valence-electron chi connectivity index (χ0n) is 10.8. The second kappa shape index (κ2) is 4.67. The quantitative estimate of drug-likeness (QED) is 0.549. The van der Waals surface area contributed by atoms with Crippen molar-refractivity contribution in [3.8, 4) is 5.75 Å². The summed E-state index contributed by atoms with van der Waals surface area (Å²) in [6.07, 6.45) is 0. The number of ether oxygens (including phenoxy) is 1. The fourth-order valence-corrected chi connectivity index (χ4v) is 3.20. The maximum absolute atomic E-state index is 11.8. The van der Waals surface area contributed by atoms with E-state index in [-0.39, 0.29) is 5.97 Å². The van der Waals surface area contributed by atoms with Crippen LogP contribution in [0, 0.1) is 12.3 Å². The lowest BCUT2D eigenvalue weighted by Crippen LogP contribution is -2.25. The lowest BCUT2D eigenvalue weighted by atomic mass is 9.97. The van der Waals surface area contributed by atoms with Crippen LogP contribution in [0.5, 0.6) is 5.75 Å². The largest absolute Gasteiger partial charge is 0.426 e. The van der Waals surface area contributed by atoms with Gasteiger partial charge in [0, 0.05) is 19.4 Å². The van der Waals surface area contributed by atoms with Crippen molar-refractivity contribution in [1.82, 2.24) is 0 Å². The van der Waals surface area contributed by atoms with Crippen molar-refractivity contribution in [2.24, 2.45) is 5.41 Å². The highest BCUT2D eigenvalue weighted by molar-refractivity contribution is 9.10. The van der Waals surface area contributed by atoms with Crippen LogP contribution in [-0.4, -0.2) is 5.97 Å². The zero-order valence-corrected chi connectivity index (χ0v) is 13.2. The number of halogens is 1. The first-order valence-corrected chi connectivity index (χ1v) is 7.31. The van der Waals surface area contributed by atoms with E-state index in [1.165, 1.54) is 4.88 Å². The minimum absolute atomic E-state index is 0.214. The van der Waals surface area contributed by atoms with Gasteiger partial charge in [0.05, 0.1) is 5.41 Å². The van der Waals surface area contributed by atoms with Crippen LogP contribution in [0.1, 0.15) is 25.6 Å². The molecule has 0 bridgehead atoms. The van der Waals surface area contributed by atoms with Crippen molar-refractivity contribution in [3.63, 3.8) is 0 Å². The van der Waals surface area contributed by atoms with E-state index in [9.17, 15) is 4.79 Å². The van der Waals surface area contributed by atoms with Gasteiger partial charge in [0.2, 0.25) is 0 Å². The van der Waals surface area contributed by atoms with Crippen molar-refractivity contribution >= 4 is 43.3 Å². The summed E-state index contributed by atoms with van der Waals surface area (Å²) in [5, 5.41) is 1.16. The Labute approximate surface area is 119 Å². The molecule has 0 saturated heterocycles. The highest BCUT2D eigenvalue weighted by Crippen LogP contribution is 2.37. The van der Waals surface area contributed by atoms with Gasteiger partial charge in [0.15, 0.2) is 0 Å². The standard InChI is InChI=1S/C14H15BrO2S/c1-8-12(15)10-6-5-9(7-11(10)18-8)17-13(16)14(2,3)4/h5-7H,1-4H3. The molecule has 0 unspecified atom stereocenters. The number of carbonyl (C=O) groups is 1. The Morgan fingerprint density at radius 2 is 2.00 bits per heavy atom. The van der Waals surface area contributed by atoms with Crippen molar-refractivity contribution in [2.45, 2.75) is 27.7 Å². The molecule has 4 heteroatoms. The summed E-state index contributed by atoms with van der Waals surface area (Å²) in [5.41, 5.74) is -0.485. The van der Waals surface area contributed by atoms with E-state index in [0.29, 0.717) is 5.75 Å². The lowest BCUT2D eigenvalue weighted by Gasteiger charge is -2.16. The third-order valence-corrected chi connectivity index (χ3v) is 4.94. The molecule has 0 aliphatic carbocycles. The van der Waals surface area contributed by atoms with Crippen molar-refractivity contribution in [2.75, 3.05) is 0 Å². The van der Waals surface area contributed by atoms with Gasteiger partial charge in [-0.05, 0) is 61.8 Å². The number of thiophene rings is 1. The van der Waals surface area contributed by atoms with Crippen molar-refractivity contribution in [3.05, 3.63) is 27.5 Å². The molecule has 0 amide bonds. The molecule has 2 rings (SSSR count). The topological polar surface area (TPSA) is 26.3 Å². The van der Waals surface area contributed by atoms with E-state index in [1.807, 2.05) is 39.0 Å². The van der Waals surface area contributed by atoms with Gasteiger partial charge in [-0.25, -0.2) is 0 Å². The van der Waals surface area contributed by atoms with Crippen LogP contribution in [0.3, 0.4) is 0 Å². The number of hydrogen-bond acceptors (Lipinski definition) is 3. The second-order valence-electron chi connectivity index (χ2n) is 5.27. The molecule has 0 N–H and O–H groups in total. The van der Waals surface area contributed by atoms with Gasteiger partial charge in [-0.1, -0.05) is 0 Å². The summed E-state index contributed by atoms with van der Waals surface area (Å²) in [4.78, 5) is 13.0. The van der Waals surface area contributed by atoms with Crippen LogP contribution in [0.4, 0.5) is 0 Å². The highest BCUT2D eigenvalue weighted by Gasteiger charge is 2.23. The molecule has 0 atom stereocenters. The van der Waals surface area contributed by atoms with Crippen LogP contribution in [0.15, 0.2) is 22.7 Å². The van der Waals surface area contributed by atoms with Gasteiger partial charge in [-0.2, -0.15) is 0 Å². The number of esters is 1. The first-order chi connectivity index (χ1) is 8.29. The predicted octanol–water partition coefficient (Wildman–Crippen LogP) is 4.92. The van der Waals surface area contributed by atoms with E-state index in [4.69, 9.17) is 4.74 Å². The number of benzene rings is 1. The Morgan fingerprint density at radius 3 is 2.61 bits per heavy atom. The normalized spacial score (nSPS) is 11.8. The lowest BCUT2D eigenvalue weighted by molar-refractivity contribution is -0.142. The minimum Gasteiger partial charge on any atom is -0.426 e. The first kappa shape index (κ1) is 13.6. The molecule has 1 aromatic carbocycles. The molecule has 0 saturated carbocycles. The van der Waals surface area contributed by atoms with Crippen molar-refractivity contribution < 1.29 is 9.53 Å². The molecule has 96 valence electrons. The van der Waals surface area contributed by atoms with Gasteiger partial charge in [-0.3, -0.25) is 4.79 Å². The molecule has 1 aromatic heterocycles. The number of aryl methyl sites for hydroxylation is 1. The molecular weight excluding hydrogens is 312 g/mol. The molecule has 0 fully saturated rings. The highest BCUT2D eigenvalue weighted by atomic mass is 79.9. The molecule has 0 spiro atoms. The Bertz CT molecular complexity index is 608. The van der Waals surface area contributed by atoms with Crippen molar-refractivity contribution in [1.29, 1.82) is 0 Å². The molecular formula is C14H15BrO2S. The van der Waals surface area contributed by atoms with Crippen LogP contribution < -0.4 is 4.74 Å². The first-order valence-electron chi connectivity index (χ1n) is 5.70. The van der Waals surface area contributed by atoms with Gasteiger partial charge in [0.25, 0.3) is 0 Å². The summed E-state index contributed by atoms with van der Waals surface area (Å²) in [6.45, 7) is 7.61. The Kier molecular flexibility index (Phi) is 3.52. The van der Waals surface area contributed by atoms with Crippen LogP contribution >= 0.6 is 27.3 Å². The Hall–Kier alpha value is -0.870. The average molecular weight is 327 g/mol. The minimum atomic E-state index is -0.485. The monoisotopic (exact) mass is 326 g/mol. The molecule has 1 heterocycles. The van der Waals surface area contributed by atoms with E-state index in [1.54, 1.807) is 11.3 Å². The second-order valence-corrected chi connectivity index (χ2v) is 7.32. The maximum atomic E-state index is 11.8. The smallest absolute Gasteiger partial charge is 0.316 e. The average Bonchev–Trinajstić information content (AvgIpc) is 2.53. The van der Waals surface area contributed by atoms with E-state index in [2.05, 4.69) is 22.9 Å². The van der Waals surface area contributed by atoms with Gasteiger partial charge >= 0.3 is 5.97 Å². The summed E-state index contributed by atoms with van der Waals surface area (Å²) in [6, 6.07) is 5.73. The molecule has 18 heavy (non-hydrogen) atoms. The zero-order chi connectivity index (χ0) is 13.5. The number of rotatable bonds is 1. The molecule has 0 aliphatic rings. The summed E-state index contributed by atoms with van der Waals surface area (Å²) in [5.74, 6) is 0.394. The maximum Gasteiger partial charge on any atom is 0.316 e. The van der Waals surface area contributed by atoms with Crippen LogP contribution in [0.2, 0.25) is 0 Å². The SMILES string of the molecule is Cc1sc2cc(OC(=O)C(C)(C)C)ccc2c1Br. The predicted molar refractivity (Wildman–Crippen MR) is 79.4 cm³/mol.